The largest absolute Gasteiger partial charge is 0.396 e. The summed E-state index contributed by atoms with van der Waals surface area (Å²) in [4.78, 5) is 11.4. The van der Waals surface area contributed by atoms with Gasteiger partial charge in [-0.15, -0.1) is 0 Å². The molecule has 0 aliphatic heterocycles. The van der Waals surface area contributed by atoms with Crippen LogP contribution >= 0.6 is 0 Å². The number of hydrogen-bond donors (Lipinski definition) is 2. The highest BCUT2D eigenvalue weighted by Crippen LogP contribution is 2.48. The summed E-state index contributed by atoms with van der Waals surface area (Å²) < 4.78 is 27.0. The zero-order valence-electron chi connectivity index (χ0n) is 11.4. The van der Waals surface area contributed by atoms with E-state index in [0.29, 0.717) is 18.5 Å². The summed E-state index contributed by atoms with van der Waals surface area (Å²) in [6.45, 7) is 1.81. The Bertz CT molecular complexity index is 605. The first-order valence-electron chi connectivity index (χ1n) is 6.60. The zero-order chi connectivity index (χ0) is 14.8. The number of sulfonamides is 1. The molecule has 5 nitrogen and oxygen atoms in total. The van der Waals surface area contributed by atoms with Gasteiger partial charge in [0.05, 0.1) is 4.90 Å². The molecule has 1 aliphatic carbocycles. The number of ketones is 1. The summed E-state index contributed by atoms with van der Waals surface area (Å²) in [6, 6.07) is 6.01. The van der Waals surface area contributed by atoms with Crippen LogP contribution in [-0.4, -0.2) is 32.5 Å². The summed E-state index contributed by atoms with van der Waals surface area (Å²) in [5, 5.41) is 8.97. The first-order chi connectivity index (χ1) is 9.38. The van der Waals surface area contributed by atoms with E-state index in [4.69, 9.17) is 5.11 Å². The second-order valence-electron chi connectivity index (χ2n) is 5.38. The predicted octanol–water partition coefficient (Wildman–Crippen LogP) is 1.33. The number of rotatable bonds is 7. The van der Waals surface area contributed by atoms with Gasteiger partial charge in [0.2, 0.25) is 10.0 Å². The fraction of sp³-hybridized carbons (Fsp3) is 0.500. The third kappa shape index (κ3) is 3.45. The van der Waals surface area contributed by atoms with E-state index in [-0.39, 0.29) is 22.7 Å². The van der Waals surface area contributed by atoms with E-state index in [9.17, 15) is 13.2 Å². The Morgan fingerprint density at radius 2 is 2.10 bits per heavy atom. The Hall–Kier alpha value is -1.24. The SMILES string of the molecule is CC(=O)c1cccc(S(=O)(=O)NCC2(CCO)CC2)c1. The highest BCUT2D eigenvalue weighted by Gasteiger charge is 2.42. The molecule has 1 fully saturated rings. The molecule has 1 aromatic rings. The van der Waals surface area contributed by atoms with Crippen LogP contribution in [0.4, 0.5) is 0 Å². The molecule has 0 saturated heterocycles. The van der Waals surface area contributed by atoms with Crippen LogP contribution in [0.5, 0.6) is 0 Å². The van der Waals surface area contributed by atoms with Crippen molar-refractivity contribution in [3.63, 3.8) is 0 Å². The fourth-order valence-electron chi connectivity index (χ4n) is 2.14. The van der Waals surface area contributed by atoms with Crippen LogP contribution in [-0.2, 0) is 10.0 Å². The Labute approximate surface area is 119 Å². The average Bonchev–Trinajstić information content (AvgIpc) is 3.18. The molecule has 0 amide bonds. The highest BCUT2D eigenvalue weighted by molar-refractivity contribution is 7.89. The molecule has 0 spiro atoms. The molecule has 0 aromatic heterocycles. The molecule has 0 atom stereocenters. The summed E-state index contributed by atoms with van der Waals surface area (Å²) in [5.41, 5.74) is 0.296. The van der Waals surface area contributed by atoms with Crippen LogP contribution in [0.1, 0.15) is 36.5 Å². The van der Waals surface area contributed by atoms with Gasteiger partial charge in [-0.05, 0) is 43.7 Å². The lowest BCUT2D eigenvalue weighted by molar-refractivity contribution is 0.101. The van der Waals surface area contributed by atoms with Gasteiger partial charge < -0.3 is 5.11 Å². The molecule has 2 rings (SSSR count). The number of nitrogens with one attached hydrogen (secondary N) is 1. The maximum atomic E-state index is 12.2. The number of aliphatic hydroxyl groups is 1. The lowest BCUT2D eigenvalue weighted by Gasteiger charge is -2.15. The molecule has 20 heavy (non-hydrogen) atoms. The molecular formula is C14H19NO4S. The van der Waals surface area contributed by atoms with E-state index in [0.717, 1.165) is 12.8 Å². The van der Waals surface area contributed by atoms with E-state index in [2.05, 4.69) is 4.72 Å². The molecule has 110 valence electrons. The van der Waals surface area contributed by atoms with Gasteiger partial charge in [0.1, 0.15) is 0 Å². The maximum absolute atomic E-state index is 12.2. The first-order valence-corrected chi connectivity index (χ1v) is 8.08. The van der Waals surface area contributed by atoms with Crippen molar-refractivity contribution in [1.29, 1.82) is 0 Å². The Balaban J connectivity index is 2.10. The van der Waals surface area contributed by atoms with Gasteiger partial charge in [0.15, 0.2) is 5.78 Å². The van der Waals surface area contributed by atoms with Crippen molar-refractivity contribution in [3.8, 4) is 0 Å². The van der Waals surface area contributed by atoms with Crippen LogP contribution in [0.25, 0.3) is 0 Å². The minimum absolute atomic E-state index is 0.0710. The number of Topliss-reactive ketones (excluding diaryl/α,β-unsaturated/α-hetero) is 1. The van der Waals surface area contributed by atoms with E-state index in [1.165, 1.54) is 19.1 Å². The highest BCUT2D eigenvalue weighted by atomic mass is 32.2. The second-order valence-corrected chi connectivity index (χ2v) is 7.15. The Morgan fingerprint density at radius 1 is 1.40 bits per heavy atom. The van der Waals surface area contributed by atoms with E-state index >= 15 is 0 Å². The molecule has 1 saturated carbocycles. The number of carbonyl (C=O) groups is 1. The lowest BCUT2D eigenvalue weighted by atomic mass is 10.0. The summed E-state index contributed by atoms with van der Waals surface area (Å²) in [7, 11) is -3.61. The van der Waals surface area contributed by atoms with Gasteiger partial charge in [0.25, 0.3) is 0 Å². The maximum Gasteiger partial charge on any atom is 0.240 e. The van der Waals surface area contributed by atoms with Gasteiger partial charge in [-0.1, -0.05) is 12.1 Å². The molecule has 0 heterocycles. The minimum atomic E-state index is -3.61. The minimum Gasteiger partial charge on any atom is -0.396 e. The van der Waals surface area contributed by atoms with Gasteiger partial charge >= 0.3 is 0 Å². The van der Waals surface area contributed by atoms with Crippen LogP contribution in [0.2, 0.25) is 0 Å². The molecule has 0 unspecified atom stereocenters. The van der Waals surface area contributed by atoms with E-state index < -0.39 is 10.0 Å². The van der Waals surface area contributed by atoms with Gasteiger partial charge in [-0.2, -0.15) is 0 Å². The van der Waals surface area contributed by atoms with Crippen LogP contribution in [0.3, 0.4) is 0 Å². The monoisotopic (exact) mass is 297 g/mol. The van der Waals surface area contributed by atoms with Crippen molar-refractivity contribution in [3.05, 3.63) is 29.8 Å². The van der Waals surface area contributed by atoms with Crippen molar-refractivity contribution in [2.45, 2.75) is 31.1 Å². The smallest absolute Gasteiger partial charge is 0.240 e. The molecule has 1 aromatic carbocycles. The van der Waals surface area contributed by atoms with Gasteiger partial charge in [0, 0.05) is 18.7 Å². The molecule has 2 N–H and O–H groups in total. The van der Waals surface area contributed by atoms with Crippen LogP contribution < -0.4 is 4.72 Å². The quantitative estimate of drug-likeness (QED) is 0.744. The van der Waals surface area contributed by atoms with Crippen molar-refractivity contribution < 1.29 is 18.3 Å². The number of carbonyl (C=O) groups excluding carboxylic acids is 1. The molecule has 0 radical (unpaired) electrons. The topological polar surface area (TPSA) is 83.5 Å². The van der Waals surface area contributed by atoms with Crippen LogP contribution in [0.15, 0.2) is 29.2 Å². The molecule has 1 aliphatic rings. The third-order valence-electron chi connectivity index (χ3n) is 3.79. The number of aliphatic hydroxyl groups excluding tert-OH is 1. The standard InChI is InChI=1S/C14H19NO4S/c1-11(17)12-3-2-4-13(9-12)20(18,19)15-10-14(5-6-14)7-8-16/h2-4,9,15-16H,5-8,10H2,1H3. The lowest BCUT2D eigenvalue weighted by Crippen LogP contribution is -2.30. The third-order valence-corrected chi connectivity index (χ3v) is 5.19. The van der Waals surface area contributed by atoms with Crippen molar-refractivity contribution in [2.75, 3.05) is 13.2 Å². The first kappa shape index (κ1) is 15.2. The molecular weight excluding hydrogens is 278 g/mol. The van der Waals surface area contributed by atoms with Crippen molar-refractivity contribution in [2.24, 2.45) is 5.41 Å². The molecule has 0 bridgehead atoms. The van der Waals surface area contributed by atoms with E-state index in [1.54, 1.807) is 12.1 Å². The summed E-state index contributed by atoms with van der Waals surface area (Å²) in [6.07, 6.45) is 2.48. The van der Waals surface area contributed by atoms with Gasteiger partial charge in [-0.25, -0.2) is 13.1 Å². The second kappa shape index (κ2) is 5.63. The van der Waals surface area contributed by atoms with Crippen molar-refractivity contribution in [1.82, 2.24) is 4.72 Å². The predicted molar refractivity (Wildman–Crippen MR) is 75.0 cm³/mol. The average molecular weight is 297 g/mol. The Morgan fingerprint density at radius 3 is 2.65 bits per heavy atom. The van der Waals surface area contributed by atoms with E-state index in [1.807, 2.05) is 0 Å². The number of benzene rings is 1. The molecule has 6 heteroatoms. The number of hydrogen-bond acceptors (Lipinski definition) is 4. The summed E-state index contributed by atoms with van der Waals surface area (Å²) in [5.74, 6) is -0.166. The normalized spacial score (nSPS) is 16.9. The zero-order valence-corrected chi connectivity index (χ0v) is 12.2. The van der Waals surface area contributed by atoms with Crippen LogP contribution in [0, 0.1) is 5.41 Å². The summed E-state index contributed by atoms with van der Waals surface area (Å²) >= 11 is 0. The Kier molecular flexibility index (Phi) is 4.27. The fourth-order valence-corrected chi connectivity index (χ4v) is 3.35. The van der Waals surface area contributed by atoms with Gasteiger partial charge in [-0.3, -0.25) is 4.79 Å². The van der Waals surface area contributed by atoms with Crippen molar-refractivity contribution >= 4 is 15.8 Å².